The number of ether oxygens (including phenoxy) is 1. The van der Waals surface area contributed by atoms with Gasteiger partial charge in [-0.2, -0.15) is 0 Å². The van der Waals surface area contributed by atoms with Gasteiger partial charge in [-0.3, -0.25) is 0 Å². The number of benzene rings is 1. The summed E-state index contributed by atoms with van der Waals surface area (Å²) in [5.74, 6) is 0.590. The molecular weight excluding hydrogens is 262 g/mol. The van der Waals surface area contributed by atoms with Crippen molar-refractivity contribution in [2.75, 3.05) is 26.0 Å². The summed E-state index contributed by atoms with van der Waals surface area (Å²) in [5, 5.41) is 3.28. The van der Waals surface area contributed by atoms with Crippen molar-refractivity contribution in [2.24, 2.45) is 5.41 Å². The number of rotatable bonds is 7. The standard InChI is InChI=1S/C14H23NO3S/c1-5-15-10-14(2,3)11-18-12-7-6-8-13(9-12)19(4,16)17/h6-9,15H,5,10-11H2,1-4H3. The van der Waals surface area contributed by atoms with Crippen molar-refractivity contribution in [1.29, 1.82) is 0 Å². The lowest BCUT2D eigenvalue weighted by Crippen LogP contribution is -2.34. The second kappa shape index (κ2) is 6.39. The molecule has 0 aliphatic rings. The summed E-state index contributed by atoms with van der Waals surface area (Å²) in [6.45, 7) is 8.59. The smallest absolute Gasteiger partial charge is 0.175 e. The maximum atomic E-state index is 11.5. The minimum atomic E-state index is -3.19. The Morgan fingerprint density at radius 3 is 2.58 bits per heavy atom. The normalized spacial score (nSPS) is 12.4. The molecule has 1 N–H and O–H groups in total. The Morgan fingerprint density at radius 2 is 2.00 bits per heavy atom. The average Bonchev–Trinajstić information content (AvgIpc) is 2.34. The first-order valence-corrected chi connectivity index (χ1v) is 8.27. The fourth-order valence-corrected chi connectivity index (χ4v) is 2.24. The molecule has 0 saturated heterocycles. The molecule has 0 heterocycles. The molecule has 0 aromatic heterocycles. The summed E-state index contributed by atoms with van der Waals surface area (Å²) in [6.07, 6.45) is 1.20. The third kappa shape index (κ3) is 5.61. The van der Waals surface area contributed by atoms with Crippen LogP contribution in [0, 0.1) is 5.41 Å². The van der Waals surface area contributed by atoms with Gasteiger partial charge in [0.05, 0.1) is 11.5 Å². The number of nitrogens with one attached hydrogen (secondary N) is 1. The second-order valence-electron chi connectivity index (χ2n) is 5.48. The molecule has 0 atom stereocenters. The third-order valence-corrected chi connectivity index (χ3v) is 3.83. The molecule has 0 bridgehead atoms. The van der Waals surface area contributed by atoms with E-state index in [1.54, 1.807) is 24.3 Å². The van der Waals surface area contributed by atoms with E-state index in [1.807, 2.05) is 0 Å². The van der Waals surface area contributed by atoms with Crippen molar-refractivity contribution >= 4 is 9.84 Å². The summed E-state index contributed by atoms with van der Waals surface area (Å²) in [7, 11) is -3.19. The summed E-state index contributed by atoms with van der Waals surface area (Å²) in [6, 6.07) is 6.62. The second-order valence-corrected chi connectivity index (χ2v) is 7.50. The number of hydrogen-bond donors (Lipinski definition) is 1. The zero-order valence-corrected chi connectivity index (χ0v) is 12.9. The molecule has 0 amide bonds. The van der Waals surface area contributed by atoms with E-state index in [9.17, 15) is 8.42 Å². The lowest BCUT2D eigenvalue weighted by atomic mass is 9.95. The van der Waals surface area contributed by atoms with Crippen molar-refractivity contribution in [1.82, 2.24) is 5.32 Å². The van der Waals surface area contributed by atoms with Gasteiger partial charge in [0, 0.05) is 18.2 Å². The van der Waals surface area contributed by atoms with Gasteiger partial charge >= 0.3 is 0 Å². The van der Waals surface area contributed by atoms with Crippen LogP contribution in [-0.2, 0) is 9.84 Å². The third-order valence-electron chi connectivity index (χ3n) is 2.72. The van der Waals surface area contributed by atoms with E-state index >= 15 is 0 Å². The quantitative estimate of drug-likeness (QED) is 0.833. The Hall–Kier alpha value is -1.07. The number of hydrogen-bond acceptors (Lipinski definition) is 4. The molecule has 19 heavy (non-hydrogen) atoms. The monoisotopic (exact) mass is 285 g/mol. The molecular formula is C14H23NO3S. The molecule has 1 aromatic rings. The highest BCUT2D eigenvalue weighted by molar-refractivity contribution is 7.90. The Balaban J connectivity index is 2.68. The fraction of sp³-hybridized carbons (Fsp3) is 0.571. The molecule has 1 aromatic carbocycles. The van der Waals surface area contributed by atoms with E-state index in [4.69, 9.17) is 4.74 Å². The van der Waals surface area contributed by atoms with Crippen LogP contribution in [0.4, 0.5) is 0 Å². The van der Waals surface area contributed by atoms with E-state index < -0.39 is 9.84 Å². The van der Waals surface area contributed by atoms with Crippen molar-refractivity contribution in [2.45, 2.75) is 25.7 Å². The van der Waals surface area contributed by atoms with Crippen molar-refractivity contribution in [3.63, 3.8) is 0 Å². The fourth-order valence-electron chi connectivity index (χ4n) is 1.59. The van der Waals surface area contributed by atoms with Gasteiger partial charge in [0.15, 0.2) is 9.84 Å². The van der Waals surface area contributed by atoms with Crippen LogP contribution in [0.25, 0.3) is 0 Å². The van der Waals surface area contributed by atoms with Gasteiger partial charge in [0.25, 0.3) is 0 Å². The number of sulfone groups is 1. The maximum Gasteiger partial charge on any atom is 0.175 e. The first-order chi connectivity index (χ1) is 8.74. The van der Waals surface area contributed by atoms with Crippen molar-refractivity contribution in [3.05, 3.63) is 24.3 Å². The zero-order valence-electron chi connectivity index (χ0n) is 12.1. The van der Waals surface area contributed by atoms with Gasteiger partial charge < -0.3 is 10.1 Å². The van der Waals surface area contributed by atoms with E-state index in [-0.39, 0.29) is 10.3 Å². The minimum Gasteiger partial charge on any atom is -0.493 e. The zero-order chi connectivity index (χ0) is 14.5. The summed E-state index contributed by atoms with van der Waals surface area (Å²) >= 11 is 0. The first-order valence-electron chi connectivity index (χ1n) is 6.38. The van der Waals surface area contributed by atoms with Crippen LogP contribution in [0.15, 0.2) is 29.2 Å². The molecule has 0 aliphatic heterocycles. The molecule has 1 rings (SSSR count). The van der Waals surface area contributed by atoms with Gasteiger partial charge in [-0.1, -0.05) is 26.8 Å². The van der Waals surface area contributed by atoms with Crippen molar-refractivity contribution in [3.8, 4) is 5.75 Å². The predicted octanol–water partition coefficient (Wildman–Crippen LogP) is 2.10. The van der Waals surface area contributed by atoms with Crippen LogP contribution in [0.2, 0.25) is 0 Å². The molecule has 4 nitrogen and oxygen atoms in total. The van der Waals surface area contributed by atoms with E-state index in [2.05, 4.69) is 26.1 Å². The van der Waals surface area contributed by atoms with Gasteiger partial charge in [0.1, 0.15) is 5.75 Å². The maximum absolute atomic E-state index is 11.5. The first kappa shape index (κ1) is 16.0. The molecule has 0 radical (unpaired) electrons. The molecule has 0 unspecified atom stereocenters. The lowest BCUT2D eigenvalue weighted by Gasteiger charge is -2.25. The van der Waals surface area contributed by atoms with Gasteiger partial charge in [-0.15, -0.1) is 0 Å². The van der Waals surface area contributed by atoms with Gasteiger partial charge in [-0.05, 0) is 24.7 Å². The predicted molar refractivity (Wildman–Crippen MR) is 77.4 cm³/mol. The molecule has 0 saturated carbocycles. The van der Waals surface area contributed by atoms with E-state index in [1.165, 1.54) is 6.26 Å². The molecule has 5 heteroatoms. The molecule has 0 fully saturated rings. The molecule has 108 valence electrons. The Kier molecular flexibility index (Phi) is 5.38. The van der Waals surface area contributed by atoms with Crippen molar-refractivity contribution < 1.29 is 13.2 Å². The summed E-state index contributed by atoms with van der Waals surface area (Å²) in [5.41, 5.74) is -0.00287. The van der Waals surface area contributed by atoms with Crippen LogP contribution < -0.4 is 10.1 Å². The van der Waals surface area contributed by atoms with Crippen LogP contribution in [-0.4, -0.2) is 34.4 Å². The highest BCUT2D eigenvalue weighted by atomic mass is 32.2. The topological polar surface area (TPSA) is 55.4 Å². The van der Waals surface area contributed by atoms with Crippen LogP contribution in [0.5, 0.6) is 5.75 Å². The lowest BCUT2D eigenvalue weighted by molar-refractivity contribution is 0.177. The Labute approximate surface area is 116 Å². The van der Waals surface area contributed by atoms with Gasteiger partial charge in [-0.25, -0.2) is 8.42 Å². The molecule has 0 aliphatic carbocycles. The Morgan fingerprint density at radius 1 is 1.32 bits per heavy atom. The highest BCUT2D eigenvalue weighted by Gasteiger charge is 2.18. The van der Waals surface area contributed by atoms with Crippen LogP contribution in [0.3, 0.4) is 0 Å². The van der Waals surface area contributed by atoms with Crippen LogP contribution >= 0.6 is 0 Å². The van der Waals surface area contributed by atoms with E-state index in [0.29, 0.717) is 12.4 Å². The SMILES string of the molecule is CCNCC(C)(C)COc1cccc(S(C)(=O)=O)c1. The largest absolute Gasteiger partial charge is 0.493 e. The summed E-state index contributed by atoms with van der Waals surface area (Å²) in [4.78, 5) is 0.287. The summed E-state index contributed by atoms with van der Waals surface area (Å²) < 4.78 is 28.6. The average molecular weight is 285 g/mol. The van der Waals surface area contributed by atoms with E-state index in [0.717, 1.165) is 13.1 Å². The Bertz CT molecular complexity index is 509. The molecule has 0 spiro atoms. The minimum absolute atomic E-state index is 0.00287. The van der Waals surface area contributed by atoms with Crippen LogP contribution in [0.1, 0.15) is 20.8 Å². The van der Waals surface area contributed by atoms with Gasteiger partial charge in [0.2, 0.25) is 0 Å². The highest BCUT2D eigenvalue weighted by Crippen LogP contribution is 2.21.